The average molecular weight is 393 g/mol. The van der Waals surface area contributed by atoms with Gasteiger partial charge in [0.25, 0.3) is 5.91 Å². The van der Waals surface area contributed by atoms with E-state index >= 15 is 0 Å². The number of aromatic nitrogens is 4. The fourth-order valence-corrected chi connectivity index (χ4v) is 4.35. The van der Waals surface area contributed by atoms with E-state index in [1.807, 2.05) is 24.0 Å². The second-order valence-corrected chi connectivity index (χ2v) is 7.67. The lowest BCUT2D eigenvalue weighted by Crippen LogP contribution is -2.47. The van der Waals surface area contributed by atoms with Crippen LogP contribution in [0.3, 0.4) is 0 Å². The highest BCUT2D eigenvalue weighted by Crippen LogP contribution is 2.40. The van der Waals surface area contributed by atoms with Crippen LogP contribution in [0.2, 0.25) is 0 Å². The number of aryl methyl sites for hydroxylation is 1. The number of amides is 1. The van der Waals surface area contributed by atoms with Gasteiger partial charge in [0.05, 0.1) is 24.0 Å². The highest BCUT2D eigenvalue weighted by molar-refractivity contribution is 5.98. The van der Waals surface area contributed by atoms with Gasteiger partial charge in [0, 0.05) is 24.9 Å². The molecule has 1 aliphatic heterocycles. The standard InChI is InChI=1S/C21H20FN5O2/c1-13-2-5-20(23-11-13)29-19-9-14-8-18(19)26(12-14)21(28)16-4-3-15(22)10-17(16)27-24-6-7-25-27/h2-7,10-11,14,18-19H,8-9,12H2,1H3. The Hall–Kier alpha value is -3.29. The zero-order valence-electron chi connectivity index (χ0n) is 15.9. The smallest absolute Gasteiger partial charge is 0.256 e. The Balaban J connectivity index is 1.40. The number of benzene rings is 1. The van der Waals surface area contributed by atoms with Crippen LogP contribution in [-0.4, -0.2) is 49.5 Å². The predicted molar refractivity (Wildman–Crippen MR) is 102 cm³/mol. The lowest BCUT2D eigenvalue weighted by atomic mass is 10.1. The van der Waals surface area contributed by atoms with Crippen molar-refractivity contribution < 1.29 is 13.9 Å². The second-order valence-electron chi connectivity index (χ2n) is 7.67. The van der Waals surface area contributed by atoms with Crippen molar-refractivity contribution in [2.24, 2.45) is 5.92 Å². The molecule has 2 bridgehead atoms. The maximum absolute atomic E-state index is 13.8. The summed E-state index contributed by atoms with van der Waals surface area (Å²) in [6, 6.07) is 7.86. The summed E-state index contributed by atoms with van der Waals surface area (Å²) in [4.78, 5) is 20.8. The predicted octanol–water partition coefficient (Wildman–Crippen LogP) is 2.79. The molecule has 0 spiro atoms. The molecule has 2 aromatic heterocycles. The van der Waals surface area contributed by atoms with Gasteiger partial charge in [0.15, 0.2) is 0 Å². The SMILES string of the molecule is Cc1ccc(OC2CC3CC2N(C(=O)c2ccc(F)cc2-n2nccn2)C3)nc1. The summed E-state index contributed by atoms with van der Waals surface area (Å²) in [7, 11) is 0. The van der Waals surface area contributed by atoms with E-state index in [1.165, 1.54) is 35.4 Å². The van der Waals surface area contributed by atoms with Crippen LogP contribution < -0.4 is 4.74 Å². The summed E-state index contributed by atoms with van der Waals surface area (Å²) in [5, 5.41) is 8.12. The van der Waals surface area contributed by atoms with Gasteiger partial charge in [0.2, 0.25) is 5.88 Å². The van der Waals surface area contributed by atoms with Crippen LogP contribution in [0.15, 0.2) is 48.9 Å². The Labute approximate surface area is 167 Å². The Bertz CT molecular complexity index is 1040. The van der Waals surface area contributed by atoms with Crippen LogP contribution in [0.4, 0.5) is 4.39 Å². The topological polar surface area (TPSA) is 73.1 Å². The third kappa shape index (κ3) is 3.24. The number of hydrogen-bond donors (Lipinski definition) is 0. The van der Waals surface area contributed by atoms with Crippen LogP contribution in [0.25, 0.3) is 5.69 Å². The summed E-state index contributed by atoms with van der Waals surface area (Å²) in [6.07, 6.45) is 6.47. The maximum atomic E-state index is 13.8. The summed E-state index contributed by atoms with van der Waals surface area (Å²) < 4.78 is 19.9. The summed E-state index contributed by atoms with van der Waals surface area (Å²) in [5.74, 6) is 0.369. The number of likely N-dealkylation sites (tertiary alicyclic amines) is 1. The summed E-state index contributed by atoms with van der Waals surface area (Å²) in [6.45, 7) is 2.65. The largest absolute Gasteiger partial charge is 0.472 e. The number of carbonyl (C=O) groups excluding carboxylic acids is 1. The van der Waals surface area contributed by atoms with Gasteiger partial charge in [-0.05, 0) is 43.4 Å². The Morgan fingerprint density at radius 1 is 1.17 bits per heavy atom. The lowest BCUT2D eigenvalue weighted by Gasteiger charge is -2.33. The van der Waals surface area contributed by atoms with Crippen molar-refractivity contribution in [3.05, 3.63) is 65.9 Å². The van der Waals surface area contributed by atoms with E-state index in [0.29, 0.717) is 29.6 Å². The molecule has 3 heterocycles. The number of carbonyl (C=O) groups is 1. The quantitative estimate of drug-likeness (QED) is 0.682. The lowest BCUT2D eigenvalue weighted by molar-refractivity contribution is 0.0466. The van der Waals surface area contributed by atoms with Gasteiger partial charge in [-0.15, -0.1) is 0 Å². The van der Waals surface area contributed by atoms with E-state index in [1.54, 1.807) is 6.20 Å². The molecule has 29 heavy (non-hydrogen) atoms. The van der Waals surface area contributed by atoms with Crippen LogP contribution in [0.1, 0.15) is 28.8 Å². The number of hydrogen-bond acceptors (Lipinski definition) is 5. The van der Waals surface area contributed by atoms with Crippen molar-refractivity contribution in [3.8, 4) is 11.6 Å². The van der Waals surface area contributed by atoms with Crippen molar-refractivity contribution in [3.63, 3.8) is 0 Å². The number of rotatable bonds is 4. The number of fused-ring (bicyclic) bond motifs is 2. The van der Waals surface area contributed by atoms with Gasteiger partial charge >= 0.3 is 0 Å². The minimum Gasteiger partial charge on any atom is -0.472 e. The summed E-state index contributed by atoms with van der Waals surface area (Å²) in [5.41, 5.74) is 1.78. The number of nitrogens with zero attached hydrogens (tertiary/aromatic N) is 5. The van der Waals surface area contributed by atoms with Crippen LogP contribution in [0.5, 0.6) is 5.88 Å². The molecule has 1 aliphatic carbocycles. The first-order valence-electron chi connectivity index (χ1n) is 9.65. The molecule has 7 nitrogen and oxygen atoms in total. The Kier molecular flexibility index (Phi) is 4.26. The molecule has 1 aromatic carbocycles. The molecule has 0 radical (unpaired) electrons. The molecule has 8 heteroatoms. The number of ether oxygens (including phenoxy) is 1. The monoisotopic (exact) mass is 393 g/mol. The molecule has 5 rings (SSSR count). The molecular formula is C21H20FN5O2. The highest BCUT2D eigenvalue weighted by Gasteiger charge is 2.48. The van der Waals surface area contributed by atoms with E-state index in [0.717, 1.165) is 18.4 Å². The molecule has 1 saturated heterocycles. The first-order chi connectivity index (χ1) is 14.1. The van der Waals surface area contributed by atoms with Gasteiger partial charge in [-0.25, -0.2) is 9.37 Å². The van der Waals surface area contributed by atoms with E-state index in [-0.39, 0.29) is 18.1 Å². The Morgan fingerprint density at radius 2 is 2.00 bits per heavy atom. The van der Waals surface area contributed by atoms with Crippen molar-refractivity contribution in [1.29, 1.82) is 0 Å². The van der Waals surface area contributed by atoms with Gasteiger partial charge in [0.1, 0.15) is 17.6 Å². The van der Waals surface area contributed by atoms with E-state index in [4.69, 9.17) is 4.74 Å². The Morgan fingerprint density at radius 3 is 2.72 bits per heavy atom. The number of piperidine rings is 1. The first-order valence-corrected chi connectivity index (χ1v) is 9.65. The number of halogens is 1. The normalized spacial score (nSPS) is 22.8. The van der Waals surface area contributed by atoms with Crippen LogP contribution in [0, 0.1) is 18.7 Å². The fraction of sp³-hybridized carbons (Fsp3) is 0.333. The van der Waals surface area contributed by atoms with Crippen molar-refractivity contribution in [1.82, 2.24) is 24.9 Å². The molecule has 3 aromatic rings. The minimum atomic E-state index is -0.441. The molecular weight excluding hydrogens is 373 g/mol. The highest BCUT2D eigenvalue weighted by atomic mass is 19.1. The molecule has 3 atom stereocenters. The zero-order chi connectivity index (χ0) is 20.0. The second kappa shape index (κ2) is 6.95. The van der Waals surface area contributed by atoms with E-state index < -0.39 is 5.82 Å². The molecule has 1 amide bonds. The third-order valence-electron chi connectivity index (χ3n) is 5.67. The van der Waals surface area contributed by atoms with E-state index in [2.05, 4.69) is 15.2 Å². The summed E-state index contributed by atoms with van der Waals surface area (Å²) >= 11 is 0. The molecule has 1 saturated carbocycles. The van der Waals surface area contributed by atoms with Crippen molar-refractivity contribution in [2.75, 3.05) is 6.54 Å². The molecule has 2 fully saturated rings. The van der Waals surface area contributed by atoms with Gasteiger partial charge < -0.3 is 9.64 Å². The third-order valence-corrected chi connectivity index (χ3v) is 5.67. The van der Waals surface area contributed by atoms with E-state index in [9.17, 15) is 9.18 Å². The van der Waals surface area contributed by atoms with Gasteiger partial charge in [-0.1, -0.05) is 6.07 Å². The van der Waals surface area contributed by atoms with Crippen molar-refractivity contribution >= 4 is 5.91 Å². The minimum absolute atomic E-state index is 0.0286. The molecule has 3 unspecified atom stereocenters. The van der Waals surface area contributed by atoms with Crippen LogP contribution in [-0.2, 0) is 0 Å². The fourth-order valence-electron chi connectivity index (χ4n) is 4.35. The maximum Gasteiger partial charge on any atom is 0.256 e. The van der Waals surface area contributed by atoms with Crippen molar-refractivity contribution in [2.45, 2.75) is 31.9 Å². The number of pyridine rings is 1. The van der Waals surface area contributed by atoms with Gasteiger partial charge in [-0.2, -0.15) is 15.0 Å². The van der Waals surface area contributed by atoms with Crippen LogP contribution >= 0.6 is 0 Å². The molecule has 148 valence electrons. The molecule has 0 N–H and O–H groups in total. The average Bonchev–Trinajstić information content (AvgIpc) is 3.46. The molecule has 2 aliphatic rings. The van der Waals surface area contributed by atoms with Gasteiger partial charge in [-0.3, -0.25) is 4.79 Å². The zero-order valence-corrected chi connectivity index (χ0v) is 15.9. The first kappa shape index (κ1) is 17.8.